The number of anilines is 1. The van der Waals surface area contributed by atoms with Gasteiger partial charge in [-0.1, -0.05) is 13.8 Å². The van der Waals surface area contributed by atoms with Crippen LogP contribution in [0.4, 0.5) is 5.82 Å². The average molecular weight is 264 g/mol. The van der Waals surface area contributed by atoms with Crippen molar-refractivity contribution in [2.75, 3.05) is 25.2 Å². The molecule has 0 aromatic carbocycles. The van der Waals surface area contributed by atoms with Gasteiger partial charge in [0.2, 0.25) is 0 Å². The number of carbonyl (C=O) groups is 1. The van der Waals surface area contributed by atoms with Gasteiger partial charge >= 0.3 is 0 Å². The molecule has 1 heterocycles. The lowest BCUT2D eigenvalue weighted by Gasteiger charge is -2.31. The van der Waals surface area contributed by atoms with Crippen LogP contribution in [0.3, 0.4) is 0 Å². The molecule has 1 aromatic rings. The molecular weight excluding hydrogens is 240 g/mol. The molecule has 0 atom stereocenters. The standard InChI is InChI=1S/C15H24N2O2/c1-5-14(6-2)17(9-10-19-4)15-11-13(12(3)18)7-8-16-15/h7-8,11,14H,5-6,9-10H2,1-4H3. The highest BCUT2D eigenvalue weighted by molar-refractivity contribution is 5.94. The Labute approximate surface area is 115 Å². The first-order chi connectivity index (χ1) is 9.13. The Hall–Kier alpha value is -1.42. The summed E-state index contributed by atoms with van der Waals surface area (Å²) in [6, 6.07) is 4.05. The van der Waals surface area contributed by atoms with E-state index in [1.54, 1.807) is 26.3 Å². The average Bonchev–Trinajstić information content (AvgIpc) is 2.43. The number of hydrogen-bond donors (Lipinski definition) is 0. The molecule has 0 aliphatic heterocycles. The smallest absolute Gasteiger partial charge is 0.159 e. The Kier molecular flexibility index (Phi) is 6.50. The lowest BCUT2D eigenvalue weighted by atomic mass is 10.1. The van der Waals surface area contributed by atoms with Crippen LogP contribution < -0.4 is 4.90 Å². The Morgan fingerprint density at radius 2 is 2.11 bits per heavy atom. The SMILES string of the molecule is CCC(CC)N(CCOC)c1cc(C(C)=O)ccn1. The number of nitrogens with zero attached hydrogens (tertiary/aromatic N) is 2. The summed E-state index contributed by atoms with van der Waals surface area (Å²) in [5.74, 6) is 0.929. The predicted octanol–water partition coefficient (Wildman–Crippen LogP) is 2.93. The normalized spacial score (nSPS) is 10.8. The Bertz CT molecular complexity index is 403. The van der Waals surface area contributed by atoms with E-state index in [1.807, 2.05) is 6.07 Å². The van der Waals surface area contributed by atoms with Crippen molar-refractivity contribution in [3.05, 3.63) is 23.9 Å². The summed E-state index contributed by atoms with van der Waals surface area (Å²) in [6.45, 7) is 7.36. The minimum Gasteiger partial charge on any atom is -0.383 e. The van der Waals surface area contributed by atoms with Gasteiger partial charge in [-0.2, -0.15) is 0 Å². The van der Waals surface area contributed by atoms with Gasteiger partial charge in [0.05, 0.1) is 6.61 Å². The Morgan fingerprint density at radius 1 is 1.42 bits per heavy atom. The Balaban J connectivity index is 3.01. The number of pyridine rings is 1. The van der Waals surface area contributed by atoms with Gasteiger partial charge in [-0.3, -0.25) is 4.79 Å². The van der Waals surface area contributed by atoms with Crippen LogP contribution >= 0.6 is 0 Å². The lowest BCUT2D eigenvalue weighted by molar-refractivity contribution is 0.101. The number of rotatable bonds is 8. The largest absolute Gasteiger partial charge is 0.383 e. The zero-order valence-electron chi connectivity index (χ0n) is 12.3. The van der Waals surface area contributed by atoms with E-state index >= 15 is 0 Å². The van der Waals surface area contributed by atoms with E-state index < -0.39 is 0 Å². The van der Waals surface area contributed by atoms with Gasteiger partial charge in [0.15, 0.2) is 5.78 Å². The molecule has 1 rings (SSSR count). The second kappa shape index (κ2) is 7.89. The number of Topliss-reactive ketones (excluding diaryl/α,β-unsaturated/α-hetero) is 1. The van der Waals surface area contributed by atoms with Crippen molar-refractivity contribution in [1.82, 2.24) is 4.98 Å². The van der Waals surface area contributed by atoms with E-state index in [2.05, 4.69) is 23.7 Å². The summed E-state index contributed by atoms with van der Waals surface area (Å²) in [5, 5.41) is 0. The van der Waals surface area contributed by atoms with Gasteiger partial charge < -0.3 is 9.64 Å². The molecular formula is C15H24N2O2. The van der Waals surface area contributed by atoms with Crippen molar-refractivity contribution >= 4 is 11.6 Å². The number of methoxy groups -OCH3 is 1. The van der Waals surface area contributed by atoms with Crippen molar-refractivity contribution in [3.8, 4) is 0 Å². The maximum absolute atomic E-state index is 11.5. The first-order valence-electron chi connectivity index (χ1n) is 6.86. The van der Waals surface area contributed by atoms with Crippen molar-refractivity contribution in [1.29, 1.82) is 0 Å². The monoisotopic (exact) mass is 264 g/mol. The molecule has 0 fully saturated rings. The van der Waals surface area contributed by atoms with Crippen molar-refractivity contribution in [2.45, 2.75) is 39.7 Å². The third-order valence-corrected chi connectivity index (χ3v) is 3.37. The van der Waals surface area contributed by atoms with Gasteiger partial charge in [0.25, 0.3) is 0 Å². The molecule has 4 nitrogen and oxygen atoms in total. The number of aromatic nitrogens is 1. The van der Waals surface area contributed by atoms with Crippen molar-refractivity contribution in [3.63, 3.8) is 0 Å². The minimum atomic E-state index is 0.0693. The highest BCUT2D eigenvalue weighted by Crippen LogP contribution is 2.19. The maximum atomic E-state index is 11.5. The third kappa shape index (κ3) is 4.31. The summed E-state index contributed by atoms with van der Waals surface area (Å²) in [7, 11) is 1.70. The maximum Gasteiger partial charge on any atom is 0.159 e. The van der Waals surface area contributed by atoms with Gasteiger partial charge in [-0.15, -0.1) is 0 Å². The van der Waals surface area contributed by atoms with E-state index in [4.69, 9.17) is 4.74 Å². The molecule has 0 aliphatic carbocycles. The minimum absolute atomic E-state index is 0.0693. The first kappa shape index (κ1) is 15.6. The fourth-order valence-electron chi connectivity index (χ4n) is 2.20. The molecule has 4 heteroatoms. The molecule has 0 spiro atoms. The van der Waals surface area contributed by atoms with Crippen LogP contribution in [0.2, 0.25) is 0 Å². The molecule has 0 N–H and O–H groups in total. The van der Waals surface area contributed by atoms with E-state index in [0.717, 1.165) is 25.2 Å². The van der Waals surface area contributed by atoms with Crippen LogP contribution in [0.1, 0.15) is 44.0 Å². The van der Waals surface area contributed by atoms with Crippen molar-refractivity contribution in [2.24, 2.45) is 0 Å². The number of carbonyl (C=O) groups excluding carboxylic acids is 1. The van der Waals surface area contributed by atoms with E-state index in [-0.39, 0.29) is 5.78 Å². The summed E-state index contributed by atoms with van der Waals surface area (Å²) < 4.78 is 5.17. The quantitative estimate of drug-likeness (QED) is 0.677. The van der Waals surface area contributed by atoms with Crippen LogP contribution in [0.15, 0.2) is 18.3 Å². The number of ether oxygens (including phenoxy) is 1. The van der Waals surface area contributed by atoms with Crippen LogP contribution in [-0.4, -0.2) is 37.1 Å². The molecule has 106 valence electrons. The topological polar surface area (TPSA) is 42.4 Å². The van der Waals surface area contributed by atoms with Crippen molar-refractivity contribution < 1.29 is 9.53 Å². The molecule has 0 aliphatic rings. The first-order valence-corrected chi connectivity index (χ1v) is 6.86. The molecule has 0 amide bonds. The fourth-order valence-corrected chi connectivity index (χ4v) is 2.20. The summed E-state index contributed by atoms with van der Waals surface area (Å²) in [6.07, 6.45) is 3.80. The molecule has 19 heavy (non-hydrogen) atoms. The Morgan fingerprint density at radius 3 is 2.63 bits per heavy atom. The van der Waals surface area contributed by atoms with Gasteiger partial charge in [0.1, 0.15) is 5.82 Å². The molecule has 0 radical (unpaired) electrons. The second-order valence-electron chi connectivity index (χ2n) is 4.62. The van der Waals surface area contributed by atoms with Crippen LogP contribution in [0.5, 0.6) is 0 Å². The number of ketones is 1. The summed E-state index contributed by atoms with van der Waals surface area (Å²) in [5.41, 5.74) is 0.707. The van der Waals surface area contributed by atoms with Crippen LogP contribution in [-0.2, 0) is 4.74 Å². The lowest BCUT2D eigenvalue weighted by Crippen LogP contribution is -2.37. The molecule has 0 saturated heterocycles. The van der Waals surface area contributed by atoms with E-state index in [9.17, 15) is 4.79 Å². The van der Waals surface area contributed by atoms with E-state index in [0.29, 0.717) is 18.2 Å². The van der Waals surface area contributed by atoms with Crippen LogP contribution in [0, 0.1) is 0 Å². The van der Waals surface area contributed by atoms with Crippen LogP contribution in [0.25, 0.3) is 0 Å². The molecule has 0 bridgehead atoms. The summed E-state index contributed by atoms with van der Waals surface area (Å²) in [4.78, 5) is 18.1. The highest BCUT2D eigenvalue weighted by Gasteiger charge is 2.17. The summed E-state index contributed by atoms with van der Waals surface area (Å²) >= 11 is 0. The fraction of sp³-hybridized carbons (Fsp3) is 0.600. The highest BCUT2D eigenvalue weighted by atomic mass is 16.5. The second-order valence-corrected chi connectivity index (χ2v) is 4.62. The van der Waals surface area contributed by atoms with Gasteiger partial charge in [-0.05, 0) is 31.9 Å². The zero-order valence-corrected chi connectivity index (χ0v) is 12.3. The van der Waals surface area contributed by atoms with Gasteiger partial charge in [-0.25, -0.2) is 4.98 Å². The zero-order chi connectivity index (χ0) is 14.3. The molecule has 0 saturated carbocycles. The predicted molar refractivity (Wildman–Crippen MR) is 77.8 cm³/mol. The van der Waals surface area contributed by atoms with E-state index in [1.165, 1.54) is 0 Å². The third-order valence-electron chi connectivity index (χ3n) is 3.37. The number of hydrogen-bond acceptors (Lipinski definition) is 4. The molecule has 0 unspecified atom stereocenters. The molecule has 1 aromatic heterocycles. The van der Waals surface area contributed by atoms with Gasteiger partial charge in [0, 0.05) is 31.5 Å².